The van der Waals surface area contributed by atoms with Crippen LogP contribution in [-0.4, -0.2) is 17.4 Å². The van der Waals surface area contributed by atoms with Gasteiger partial charge in [-0.25, -0.2) is 9.55 Å². The molecule has 1 aromatic rings. The second-order valence-electron chi connectivity index (χ2n) is 4.27. The average molecular weight is 208 g/mol. The van der Waals surface area contributed by atoms with Crippen molar-refractivity contribution in [3.05, 3.63) is 18.2 Å². The van der Waals surface area contributed by atoms with Gasteiger partial charge in [0.25, 0.3) is 0 Å². The first-order valence-electron chi connectivity index (χ1n) is 5.51. The molecule has 2 heterocycles. The van der Waals surface area contributed by atoms with Crippen LogP contribution in [0.3, 0.4) is 0 Å². The van der Waals surface area contributed by atoms with Crippen molar-refractivity contribution in [2.24, 2.45) is 18.9 Å². The molecule has 1 aromatic heterocycles. The van der Waals surface area contributed by atoms with Gasteiger partial charge in [0.1, 0.15) is 11.9 Å². The van der Waals surface area contributed by atoms with Gasteiger partial charge in [0, 0.05) is 18.9 Å². The van der Waals surface area contributed by atoms with Gasteiger partial charge in [-0.2, -0.15) is 0 Å². The van der Waals surface area contributed by atoms with Crippen molar-refractivity contribution in [3.8, 4) is 0 Å². The number of nitrogens with zero attached hydrogens (tertiary/aromatic N) is 1. The standard InChI is InChI=1S/C11H17N3O/c1-3-10-8(5-13-11(10)15)4-9-6-12-7-14(9)2/h6-8,10H,3-5H2,1-2H3,(H,13,15)/p+1/t8-,10+/m0/s1. The minimum atomic E-state index is 0.194. The van der Waals surface area contributed by atoms with Crippen LogP contribution in [0, 0.1) is 11.8 Å². The summed E-state index contributed by atoms with van der Waals surface area (Å²) in [5.41, 5.74) is 1.26. The number of hydrogen-bond donors (Lipinski definition) is 2. The molecule has 0 bridgehead atoms. The first-order chi connectivity index (χ1) is 7.22. The fourth-order valence-corrected chi connectivity index (χ4v) is 2.35. The van der Waals surface area contributed by atoms with Gasteiger partial charge in [0.05, 0.1) is 7.05 Å². The third kappa shape index (κ3) is 1.89. The molecule has 0 aromatic carbocycles. The number of rotatable bonds is 3. The van der Waals surface area contributed by atoms with Crippen LogP contribution in [0.25, 0.3) is 0 Å². The fraction of sp³-hybridized carbons (Fsp3) is 0.636. The van der Waals surface area contributed by atoms with E-state index in [0.29, 0.717) is 5.92 Å². The highest BCUT2D eigenvalue weighted by atomic mass is 16.2. The van der Waals surface area contributed by atoms with E-state index in [1.807, 2.05) is 19.6 Å². The van der Waals surface area contributed by atoms with Crippen LogP contribution in [0.5, 0.6) is 0 Å². The van der Waals surface area contributed by atoms with E-state index in [4.69, 9.17) is 0 Å². The lowest BCUT2D eigenvalue weighted by Gasteiger charge is -2.12. The van der Waals surface area contributed by atoms with E-state index in [0.717, 1.165) is 19.4 Å². The summed E-state index contributed by atoms with van der Waals surface area (Å²) in [6.45, 7) is 2.90. The topological polar surface area (TPSA) is 48.8 Å². The number of aromatic amines is 1. The van der Waals surface area contributed by atoms with E-state index >= 15 is 0 Å². The van der Waals surface area contributed by atoms with Crippen LogP contribution in [0.2, 0.25) is 0 Å². The van der Waals surface area contributed by atoms with Gasteiger partial charge in [0.2, 0.25) is 12.2 Å². The Morgan fingerprint density at radius 1 is 1.60 bits per heavy atom. The maximum absolute atomic E-state index is 11.5. The smallest absolute Gasteiger partial charge is 0.241 e. The zero-order valence-electron chi connectivity index (χ0n) is 9.29. The zero-order valence-corrected chi connectivity index (χ0v) is 9.29. The van der Waals surface area contributed by atoms with Crippen molar-refractivity contribution in [1.29, 1.82) is 0 Å². The number of carbonyl (C=O) groups is 1. The van der Waals surface area contributed by atoms with Gasteiger partial charge in [-0.05, 0) is 12.3 Å². The SMILES string of the molecule is CC[C@H]1C(=O)NC[C@@H]1Cc1c[nH]c[n+]1C. The Morgan fingerprint density at radius 2 is 2.40 bits per heavy atom. The molecular weight excluding hydrogens is 190 g/mol. The van der Waals surface area contributed by atoms with Crippen LogP contribution < -0.4 is 9.88 Å². The number of imidazole rings is 1. The van der Waals surface area contributed by atoms with Gasteiger partial charge in [-0.15, -0.1) is 0 Å². The molecule has 4 heteroatoms. The maximum Gasteiger partial charge on any atom is 0.241 e. The molecular formula is C11H18N3O+. The monoisotopic (exact) mass is 208 g/mol. The molecule has 0 unspecified atom stereocenters. The molecule has 1 aliphatic rings. The Hall–Kier alpha value is -1.32. The number of amides is 1. The Morgan fingerprint density at radius 3 is 3.00 bits per heavy atom. The average Bonchev–Trinajstić information content (AvgIpc) is 2.76. The van der Waals surface area contributed by atoms with Crippen molar-refractivity contribution in [2.75, 3.05) is 6.54 Å². The molecule has 0 saturated carbocycles. The number of H-pyrrole nitrogens is 1. The lowest BCUT2D eigenvalue weighted by molar-refractivity contribution is -0.677. The fourth-order valence-electron chi connectivity index (χ4n) is 2.35. The highest BCUT2D eigenvalue weighted by molar-refractivity contribution is 5.81. The zero-order chi connectivity index (χ0) is 10.8. The van der Waals surface area contributed by atoms with Crippen molar-refractivity contribution in [2.45, 2.75) is 19.8 Å². The number of hydrogen-bond acceptors (Lipinski definition) is 1. The van der Waals surface area contributed by atoms with E-state index in [1.165, 1.54) is 5.69 Å². The van der Waals surface area contributed by atoms with Gasteiger partial charge in [0.15, 0.2) is 0 Å². The number of carbonyl (C=O) groups excluding carboxylic acids is 1. The molecule has 0 aliphatic carbocycles. The molecule has 1 fully saturated rings. The normalized spacial score (nSPS) is 25.6. The van der Waals surface area contributed by atoms with Crippen molar-refractivity contribution >= 4 is 5.91 Å². The summed E-state index contributed by atoms with van der Waals surface area (Å²) >= 11 is 0. The molecule has 1 amide bonds. The van der Waals surface area contributed by atoms with Crippen LogP contribution in [0.4, 0.5) is 0 Å². The molecule has 1 saturated heterocycles. The summed E-state index contributed by atoms with van der Waals surface area (Å²) in [6, 6.07) is 0. The van der Waals surface area contributed by atoms with Gasteiger partial charge < -0.3 is 5.32 Å². The van der Waals surface area contributed by atoms with E-state index in [-0.39, 0.29) is 11.8 Å². The third-order valence-electron chi connectivity index (χ3n) is 3.33. The van der Waals surface area contributed by atoms with E-state index in [2.05, 4.69) is 21.8 Å². The van der Waals surface area contributed by atoms with Crippen molar-refractivity contribution < 1.29 is 9.36 Å². The molecule has 2 rings (SSSR count). The molecule has 4 nitrogen and oxygen atoms in total. The summed E-state index contributed by atoms with van der Waals surface area (Å²) in [5.74, 6) is 0.866. The van der Waals surface area contributed by atoms with Crippen molar-refractivity contribution in [1.82, 2.24) is 10.3 Å². The molecule has 2 atom stereocenters. The second-order valence-corrected chi connectivity index (χ2v) is 4.27. The maximum atomic E-state index is 11.5. The molecule has 0 spiro atoms. The van der Waals surface area contributed by atoms with Crippen molar-refractivity contribution in [3.63, 3.8) is 0 Å². The minimum Gasteiger partial charge on any atom is -0.356 e. The van der Waals surface area contributed by atoms with E-state index in [1.54, 1.807) is 0 Å². The van der Waals surface area contributed by atoms with Crippen LogP contribution in [0.1, 0.15) is 19.0 Å². The highest BCUT2D eigenvalue weighted by Gasteiger charge is 2.34. The predicted octanol–water partition coefficient (Wildman–Crippen LogP) is 0.154. The summed E-state index contributed by atoms with van der Waals surface area (Å²) < 4.78 is 2.08. The van der Waals surface area contributed by atoms with Crippen LogP contribution in [0.15, 0.2) is 12.5 Å². The number of nitrogens with one attached hydrogen (secondary N) is 2. The number of aromatic nitrogens is 2. The third-order valence-corrected chi connectivity index (χ3v) is 3.33. The highest BCUT2D eigenvalue weighted by Crippen LogP contribution is 2.23. The first kappa shape index (κ1) is 10.2. The lowest BCUT2D eigenvalue weighted by atomic mass is 9.89. The Kier molecular flexibility index (Phi) is 2.75. The molecule has 1 aliphatic heterocycles. The van der Waals surface area contributed by atoms with Crippen LogP contribution >= 0.6 is 0 Å². The van der Waals surface area contributed by atoms with Gasteiger partial charge in [-0.3, -0.25) is 4.79 Å². The Bertz CT molecular complexity index is 358. The quantitative estimate of drug-likeness (QED) is 0.683. The Balaban J connectivity index is 2.06. The van der Waals surface area contributed by atoms with E-state index < -0.39 is 0 Å². The summed E-state index contributed by atoms with van der Waals surface area (Å²) in [6.07, 6.45) is 5.85. The first-order valence-corrected chi connectivity index (χ1v) is 5.51. The van der Waals surface area contributed by atoms with Crippen LogP contribution in [-0.2, 0) is 18.3 Å². The number of aryl methyl sites for hydroxylation is 1. The molecule has 15 heavy (non-hydrogen) atoms. The van der Waals surface area contributed by atoms with Gasteiger partial charge >= 0.3 is 0 Å². The minimum absolute atomic E-state index is 0.194. The molecule has 2 N–H and O–H groups in total. The summed E-state index contributed by atoms with van der Waals surface area (Å²) in [5, 5.41) is 2.94. The molecule has 82 valence electrons. The summed E-state index contributed by atoms with van der Waals surface area (Å²) in [4.78, 5) is 14.6. The largest absolute Gasteiger partial charge is 0.356 e. The molecule has 0 radical (unpaired) electrons. The lowest BCUT2D eigenvalue weighted by Crippen LogP contribution is -2.32. The second kappa shape index (κ2) is 4.04. The Labute approximate surface area is 89.7 Å². The van der Waals surface area contributed by atoms with Gasteiger partial charge in [-0.1, -0.05) is 6.92 Å². The van der Waals surface area contributed by atoms with E-state index in [9.17, 15) is 4.79 Å². The summed E-state index contributed by atoms with van der Waals surface area (Å²) in [7, 11) is 2.02. The predicted molar refractivity (Wildman–Crippen MR) is 56.0 cm³/mol.